The Hall–Kier alpha value is -3.97. The summed E-state index contributed by atoms with van der Waals surface area (Å²) in [6.07, 6.45) is 0. The molecule has 2 N–H and O–H groups in total. The van der Waals surface area contributed by atoms with Crippen molar-refractivity contribution in [1.29, 1.82) is 0 Å². The average Bonchev–Trinajstić information content (AvgIpc) is 3.40. The van der Waals surface area contributed by atoms with Gasteiger partial charge in [0.1, 0.15) is 5.69 Å². The van der Waals surface area contributed by atoms with E-state index in [2.05, 4.69) is 10.2 Å². The first-order valence-electron chi connectivity index (χ1n) is 10.7. The predicted octanol–water partition coefficient (Wildman–Crippen LogP) is 5.20. The minimum Gasteiger partial charge on any atom is -0.502 e. The van der Waals surface area contributed by atoms with Crippen LogP contribution in [0.25, 0.3) is 11.3 Å². The summed E-state index contributed by atoms with van der Waals surface area (Å²) in [7, 11) is 2.95. The molecular formula is C26H22ClN3O4. The van der Waals surface area contributed by atoms with Crippen LogP contribution in [0.4, 0.5) is 0 Å². The molecular weight excluding hydrogens is 454 g/mol. The van der Waals surface area contributed by atoms with E-state index in [4.69, 9.17) is 21.1 Å². The molecule has 1 aliphatic rings. The molecule has 0 saturated carbocycles. The Morgan fingerprint density at radius 3 is 2.29 bits per heavy atom. The Labute approximate surface area is 201 Å². The van der Waals surface area contributed by atoms with Gasteiger partial charge in [0.25, 0.3) is 5.91 Å². The molecule has 8 heteroatoms. The van der Waals surface area contributed by atoms with Crippen molar-refractivity contribution in [3.8, 4) is 28.5 Å². The maximum Gasteiger partial charge on any atom is 0.273 e. The molecule has 0 bridgehead atoms. The fourth-order valence-electron chi connectivity index (χ4n) is 4.38. The number of methoxy groups -OCH3 is 2. The smallest absolute Gasteiger partial charge is 0.273 e. The number of hydrogen-bond donors (Lipinski definition) is 2. The quantitative estimate of drug-likeness (QED) is 0.400. The zero-order valence-corrected chi connectivity index (χ0v) is 19.3. The number of fused-ring (bicyclic) bond motifs is 1. The van der Waals surface area contributed by atoms with Gasteiger partial charge in [0.2, 0.25) is 5.75 Å². The topological polar surface area (TPSA) is 87.7 Å². The summed E-state index contributed by atoms with van der Waals surface area (Å²) in [6.45, 7) is 0.350. The molecule has 3 aromatic carbocycles. The number of nitrogens with one attached hydrogen (secondary N) is 1. The molecule has 1 amide bonds. The number of benzene rings is 3. The Balaban J connectivity index is 1.69. The number of ether oxygens (including phenoxy) is 2. The molecule has 0 saturated heterocycles. The van der Waals surface area contributed by atoms with Gasteiger partial charge in [0, 0.05) is 22.7 Å². The number of halogens is 1. The minimum absolute atomic E-state index is 0.0991. The molecule has 0 fully saturated rings. The second kappa shape index (κ2) is 8.76. The van der Waals surface area contributed by atoms with Crippen LogP contribution in [-0.4, -0.2) is 40.3 Å². The van der Waals surface area contributed by atoms with Crippen molar-refractivity contribution in [3.05, 3.63) is 94.1 Å². The lowest BCUT2D eigenvalue weighted by Crippen LogP contribution is -2.29. The van der Waals surface area contributed by atoms with Gasteiger partial charge in [0.05, 0.1) is 26.0 Å². The van der Waals surface area contributed by atoms with E-state index in [1.165, 1.54) is 14.2 Å². The molecule has 172 valence electrons. The molecule has 7 nitrogen and oxygen atoms in total. The molecule has 1 aliphatic heterocycles. The molecule has 5 rings (SSSR count). The van der Waals surface area contributed by atoms with Crippen LogP contribution in [-0.2, 0) is 6.54 Å². The van der Waals surface area contributed by atoms with Crippen molar-refractivity contribution in [3.63, 3.8) is 0 Å². The van der Waals surface area contributed by atoms with Gasteiger partial charge in [-0.2, -0.15) is 5.10 Å². The van der Waals surface area contributed by atoms with Crippen LogP contribution in [0.3, 0.4) is 0 Å². The first-order valence-corrected chi connectivity index (χ1v) is 11.0. The van der Waals surface area contributed by atoms with Gasteiger partial charge in [-0.05, 0) is 35.4 Å². The predicted molar refractivity (Wildman–Crippen MR) is 128 cm³/mol. The van der Waals surface area contributed by atoms with Crippen molar-refractivity contribution in [1.82, 2.24) is 15.1 Å². The number of hydrogen-bond acceptors (Lipinski definition) is 5. The molecule has 4 aromatic rings. The van der Waals surface area contributed by atoms with Crippen molar-refractivity contribution >= 4 is 17.5 Å². The van der Waals surface area contributed by atoms with E-state index in [-0.39, 0.29) is 23.2 Å². The van der Waals surface area contributed by atoms with Crippen LogP contribution >= 0.6 is 11.6 Å². The van der Waals surface area contributed by atoms with Crippen LogP contribution in [0.5, 0.6) is 17.2 Å². The summed E-state index contributed by atoms with van der Waals surface area (Å²) in [6, 6.07) is 20.1. The lowest BCUT2D eigenvalue weighted by Gasteiger charge is -2.27. The van der Waals surface area contributed by atoms with Crippen LogP contribution in [0.1, 0.15) is 33.2 Å². The van der Waals surface area contributed by atoms with E-state index >= 15 is 0 Å². The van der Waals surface area contributed by atoms with E-state index in [1.54, 1.807) is 29.2 Å². The van der Waals surface area contributed by atoms with E-state index in [0.29, 0.717) is 23.0 Å². The standard InChI is InChI=1S/C26H22ClN3O4/c1-33-19-12-17(13-20(34-2)25(19)31)24-21-22(16-6-4-3-5-7-16)28-29-23(21)26(32)30(24)14-15-8-10-18(27)11-9-15/h3-13,24,31H,14H2,1-2H3,(H,28,29). The summed E-state index contributed by atoms with van der Waals surface area (Å²) in [5, 5.41) is 18.5. The highest BCUT2D eigenvalue weighted by Crippen LogP contribution is 2.47. The summed E-state index contributed by atoms with van der Waals surface area (Å²) in [4.78, 5) is 15.4. The second-order valence-electron chi connectivity index (χ2n) is 7.96. The maximum atomic E-state index is 13.6. The molecule has 0 aliphatic carbocycles. The number of carbonyl (C=O) groups is 1. The largest absolute Gasteiger partial charge is 0.502 e. The molecule has 2 heterocycles. The van der Waals surface area contributed by atoms with Crippen LogP contribution in [0, 0.1) is 0 Å². The first-order chi connectivity index (χ1) is 16.5. The highest BCUT2D eigenvalue weighted by atomic mass is 35.5. The van der Waals surface area contributed by atoms with Crippen molar-refractivity contribution in [2.45, 2.75) is 12.6 Å². The van der Waals surface area contributed by atoms with E-state index < -0.39 is 6.04 Å². The summed E-state index contributed by atoms with van der Waals surface area (Å²) in [5.41, 5.74) is 4.44. The van der Waals surface area contributed by atoms with Crippen molar-refractivity contribution in [2.24, 2.45) is 0 Å². The number of phenolic OH excluding ortho intramolecular Hbond substituents is 1. The van der Waals surface area contributed by atoms with Gasteiger partial charge in [-0.15, -0.1) is 0 Å². The first kappa shape index (κ1) is 21.9. The number of rotatable bonds is 6. The average molecular weight is 476 g/mol. The second-order valence-corrected chi connectivity index (χ2v) is 8.40. The number of aromatic amines is 1. The molecule has 1 atom stereocenters. The number of aromatic hydroxyl groups is 1. The fraction of sp³-hybridized carbons (Fsp3) is 0.154. The van der Waals surface area contributed by atoms with Gasteiger partial charge < -0.3 is 19.5 Å². The lowest BCUT2D eigenvalue weighted by molar-refractivity contribution is 0.0729. The van der Waals surface area contributed by atoms with Crippen LogP contribution < -0.4 is 9.47 Å². The zero-order valence-electron chi connectivity index (χ0n) is 18.6. The fourth-order valence-corrected chi connectivity index (χ4v) is 4.51. The molecule has 0 radical (unpaired) electrons. The monoisotopic (exact) mass is 475 g/mol. The van der Waals surface area contributed by atoms with Gasteiger partial charge >= 0.3 is 0 Å². The van der Waals surface area contributed by atoms with Gasteiger partial charge in [-0.25, -0.2) is 0 Å². The minimum atomic E-state index is -0.490. The lowest BCUT2D eigenvalue weighted by atomic mass is 9.95. The molecule has 1 unspecified atom stereocenters. The Morgan fingerprint density at radius 2 is 1.68 bits per heavy atom. The Morgan fingerprint density at radius 1 is 1.03 bits per heavy atom. The van der Waals surface area contributed by atoms with Crippen LogP contribution in [0.15, 0.2) is 66.7 Å². The zero-order chi connectivity index (χ0) is 23.8. The van der Waals surface area contributed by atoms with E-state index in [1.807, 2.05) is 42.5 Å². The summed E-state index contributed by atoms with van der Waals surface area (Å²) < 4.78 is 10.8. The van der Waals surface area contributed by atoms with Crippen molar-refractivity contribution in [2.75, 3.05) is 14.2 Å². The highest BCUT2D eigenvalue weighted by molar-refractivity contribution is 6.30. The molecule has 0 spiro atoms. The van der Waals surface area contributed by atoms with E-state index in [9.17, 15) is 9.90 Å². The van der Waals surface area contributed by atoms with Gasteiger partial charge in [0.15, 0.2) is 11.5 Å². The highest BCUT2D eigenvalue weighted by Gasteiger charge is 2.42. The Bertz CT molecular complexity index is 1330. The number of nitrogens with zero attached hydrogens (tertiary/aromatic N) is 2. The third-order valence-corrected chi connectivity index (χ3v) is 6.25. The summed E-state index contributed by atoms with van der Waals surface area (Å²) in [5.74, 6) is 0.242. The molecule has 1 aromatic heterocycles. The van der Waals surface area contributed by atoms with E-state index in [0.717, 1.165) is 22.3 Å². The third kappa shape index (κ3) is 3.64. The van der Waals surface area contributed by atoms with Gasteiger partial charge in [-0.1, -0.05) is 54.1 Å². The van der Waals surface area contributed by atoms with Crippen LogP contribution in [0.2, 0.25) is 5.02 Å². The number of H-pyrrole nitrogens is 1. The SMILES string of the molecule is COc1cc(C2c3c(-c4ccccc4)n[nH]c3C(=O)N2Cc2ccc(Cl)cc2)cc(OC)c1O. The molecule has 34 heavy (non-hydrogen) atoms. The number of aromatic nitrogens is 2. The Kier molecular flexibility index (Phi) is 5.63. The van der Waals surface area contributed by atoms with Gasteiger partial charge in [-0.3, -0.25) is 9.89 Å². The third-order valence-electron chi connectivity index (χ3n) is 6.00. The number of amides is 1. The van der Waals surface area contributed by atoms with Crippen molar-refractivity contribution < 1.29 is 19.4 Å². The number of phenols is 1. The summed E-state index contributed by atoms with van der Waals surface area (Å²) >= 11 is 6.06. The number of carbonyl (C=O) groups excluding carboxylic acids is 1. The maximum absolute atomic E-state index is 13.6. The normalized spacial score (nSPS) is 14.9.